The first kappa shape index (κ1) is 27.6. The lowest BCUT2D eigenvalue weighted by Crippen LogP contribution is -2.47. The number of ether oxygens (including phenoxy) is 3. The van der Waals surface area contributed by atoms with Gasteiger partial charge >= 0.3 is 0 Å². The van der Waals surface area contributed by atoms with Gasteiger partial charge in [0, 0.05) is 43.3 Å². The number of fused-ring (bicyclic) bond motifs is 1. The number of aromatic nitrogens is 1. The minimum Gasteiger partial charge on any atom is -0.491 e. The fourth-order valence-electron chi connectivity index (χ4n) is 3.59. The van der Waals surface area contributed by atoms with Gasteiger partial charge in [0.1, 0.15) is 34.6 Å². The van der Waals surface area contributed by atoms with E-state index in [0.29, 0.717) is 12.0 Å². The number of non-ortho nitro benzene ring substituents is 1. The number of halogens is 1. The number of nitro benzene ring substituents is 1. The Kier molecular flexibility index (Phi) is 9.40. The van der Waals surface area contributed by atoms with Crippen LogP contribution in [0.25, 0.3) is 10.9 Å². The number of rotatable bonds is 8. The molecule has 0 radical (unpaired) electrons. The van der Waals surface area contributed by atoms with Gasteiger partial charge in [0.05, 0.1) is 11.5 Å². The zero-order chi connectivity index (χ0) is 26.3. The maximum atomic E-state index is 13.5. The van der Waals surface area contributed by atoms with Crippen molar-refractivity contribution in [2.75, 3.05) is 40.0 Å². The molecule has 13 heteroatoms. The van der Waals surface area contributed by atoms with Gasteiger partial charge in [0.15, 0.2) is 6.29 Å². The van der Waals surface area contributed by atoms with Crippen molar-refractivity contribution in [1.82, 2.24) is 9.29 Å². The summed E-state index contributed by atoms with van der Waals surface area (Å²) in [5.41, 5.74) is -0.792. The van der Waals surface area contributed by atoms with Crippen LogP contribution >= 0.6 is 11.6 Å². The highest BCUT2D eigenvalue weighted by Gasteiger charge is 2.36. The molecule has 0 aliphatic carbocycles. The number of nitrogens with one attached hydrogen (secondary N) is 1. The van der Waals surface area contributed by atoms with Gasteiger partial charge in [0.2, 0.25) is 10.0 Å². The molecule has 2 heterocycles. The van der Waals surface area contributed by atoms with Gasteiger partial charge in [-0.1, -0.05) is 29.8 Å². The van der Waals surface area contributed by atoms with Crippen molar-refractivity contribution in [2.24, 2.45) is 0 Å². The molecule has 0 bridgehead atoms. The fourth-order valence-corrected chi connectivity index (χ4v) is 5.55. The zero-order valence-electron chi connectivity index (χ0n) is 19.7. The zero-order valence-corrected chi connectivity index (χ0v) is 21.3. The molecule has 1 N–H and O–H groups in total. The highest BCUT2D eigenvalue weighted by molar-refractivity contribution is 7.89. The van der Waals surface area contributed by atoms with Crippen LogP contribution in [0.15, 0.2) is 47.4 Å². The van der Waals surface area contributed by atoms with E-state index in [-0.39, 0.29) is 52.8 Å². The standard InChI is InChI=1S/C20H18ClN3O7S.C3H8O/c21-13-8-16-19(18(9-13)24(26)27)22-17(11-25)20(16)32(28,29)23-6-7-30-15(10-23)12-31-14-4-2-1-3-5-14;1-3-4-2/h1-5,8-9,11,15,22H,6-7,10,12H2;3H2,1-2H3. The number of aromatic amines is 1. The highest BCUT2D eigenvalue weighted by Crippen LogP contribution is 2.36. The number of nitro groups is 1. The summed E-state index contributed by atoms with van der Waals surface area (Å²) in [7, 11) is -2.53. The molecule has 2 aromatic carbocycles. The molecule has 1 fully saturated rings. The van der Waals surface area contributed by atoms with Gasteiger partial charge in [-0.3, -0.25) is 14.9 Å². The molecule has 194 valence electrons. The van der Waals surface area contributed by atoms with Gasteiger partial charge in [-0.05, 0) is 25.1 Å². The molecule has 11 nitrogen and oxygen atoms in total. The summed E-state index contributed by atoms with van der Waals surface area (Å²) >= 11 is 6.00. The average Bonchev–Trinajstić information content (AvgIpc) is 3.27. The van der Waals surface area contributed by atoms with Crippen LogP contribution in [0.4, 0.5) is 5.69 Å². The molecule has 1 aliphatic rings. The van der Waals surface area contributed by atoms with E-state index in [9.17, 15) is 23.3 Å². The summed E-state index contributed by atoms with van der Waals surface area (Å²) in [5.74, 6) is 0.623. The van der Waals surface area contributed by atoms with Crippen LogP contribution in [0.5, 0.6) is 5.75 Å². The minimum atomic E-state index is -4.21. The molecule has 1 saturated heterocycles. The molecule has 1 aromatic heterocycles. The predicted molar refractivity (Wildman–Crippen MR) is 133 cm³/mol. The fraction of sp³-hybridized carbons (Fsp3) is 0.348. The number of carbonyl (C=O) groups excluding carboxylic acids is 1. The number of morpholine rings is 1. The number of hydrogen-bond acceptors (Lipinski definition) is 8. The maximum Gasteiger partial charge on any atom is 0.294 e. The Hall–Kier alpha value is -3.03. The Bertz CT molecular complexity index is 1310. The van der Waals surface area contributed by atoms with E-state index in [4.69, 9.17) is 21.1 Å². The van der Waals surface area contributed by atoms with E-state index in [1.807, 2.05) is 25.1 Å². The van der Waals surface area contributed by atoms with Crippen LogP contribution in [0.1, 0.15) is 17.4 Å². The number of aldehydes is 1. The summed E-state index contributed by atoms with van der Waals surface area (Å²) in [5, 5.41) is 11.4. The van der Waals surface area contributed by atoms with Gasteiger partial charge in [-0.25, -0.2) is 8.42 Å². The number of benzene rings is 2. The van der Waals surface area contributed by atoms with Crippen molar-refractivity contribution in [2.45, 2.75) is 17.9 Å². The van der Waals surface area contributed by atoms with Crippen LogP contribution in [-0.4, -0.2) is 75.0 Å². The van der Waals surface area contributed by atoms with Crippen molar-refractivity contribution in [3.05, 3.63) is 63.3 Å². The summed E-state index contributed by atoms with van der Waals surface area (Å²) in [6.07, 6.45) is -0.220. The van der Waals surface area contributed by atoms with Crippen molar-refractivity contribution in [3.8, 4) is 5.75 Å². The second-order valence-electron chi connectivity index (χ2n) is 7.65. The molecule has 36 heavy (non-hydrogen) atoms. The van der Waals surface area contributed by atoms with E-state index in [1.54, 1.807) is 19.2 Å². The molecule has 1 atom stereocenters. The Morgan fingerprint density at radius 2 is 2.00 bits per heavy atom. The Morgan fingerprint density at radius 1 is 1.31 bits per heavy atom. The molecule has 1 unspecified atom stereocenters. The molecule has 0 spiro atoms. The molecular weight excluding hydrogens is 514 g/mol. The lowest BCUT2D eigenvalue weighted by Gasteiger charge is -2.32. The van der Waals surface area contributed by atoms with E-state index in [2.05, 4.69) is 9.72 Å². The van der Waals surface area contributed by atoms with Crippen molar-refractivity contribution >= 4 is 44.5 Å². The number of H-pyrrole nitrogens is 1. The van der Waals surface area contributed by atoms with E-state index in [1.165, 1.54) is 10.4 Å². The van der Waals surface area contributed by atoms with Gasteiger partial charge < -0.3 is 19.2 Å². The number of nitrogens with zero attached hydrogens (tertiary/aromatic N) is 2. The first-order chi connectivity index (χ1) is 17.2. The minimum absolute atomic E-state index is 0.0111. The van der Waals surface area contributed by atoms with Crippen LogP contribution < -0.4 is 4.74 Å². The van der Waals surface area contributed by atoms with Crippen LogP contribution in [0.3, 0.4) is 0 Å². The number of sulfonamides is 1. The van der Waals surface area contributed by atoms with E-state index in [0.717, 1.165) is 12.7 Å². The average molecular weight is 540 g/mol. The lowest BCUT2D eigenvalue weighted by molar-refractivity contribution is -0.383. The third-order valence-electron chi connectivity index (χ3n) is 5.31. The Balaban J connectivity index is 0.000000840. The maximum absolute atomic E-state index is 13.5. The third kappa shape index (κ3) is 6.20. The van der Waals surface area contributed by atoms with Gasteiger partial charge in [0.25, 0.3) is 5.69 Å². The topological polar surface area (TPSA) is 141 Å². The first-order valence-electron chi connectivity index (χ1n) is 11.0. The van der Waals surface area contributed by atoms with Gasteiger partial charge in [-0.15, -0.1) is 0 Å². The van der Waals surface area contributed by atoms with Crippen molar-refractivity contribution in [1.29, 1.82) is 0 Å². The smallest absolute Gasteiger partial charge is 0.294 e. The number of hydrogen-bond donors (Lipinski definition) is 1. The largest absolute Gasteiger partial charge is 0.491 e. The summed E-state index contributed by atoms with van der Waals surface area (Å²) in [6, 6.07) is 11.4. The number of para-hydroxylation sites is 1. The third-order valence-corrected chi connectivity index (χ3v) is 7.50. The van der Waals surface area contributed by atoms with Crippen molar-refractivity contribution < 1.29 is 32.3 Å². The predicted octanol–water partition coefficient (Wildman–Crippen LogP) is 3.66. The van der Waals surface area contributed by atoms with E-state index >= 15 is 0 Å². The number of carbonyl (C=O) groups is 1. The second kappa shape index (κ2) is 12.3. The molecule has 0 amide bonds. The molecular formula is C23H26ClN3O8S. The monoisotopic (exact) mass is 539 g/mol. The van der Waals surface area contributed by atoms with Crippen molar-refractivity contribution in [3.63, 3.8) is 0 Å². The number of methoxy groups -OCH3 is 1. The summed E-state index contributed by atoms with van der Waals surface area (Å²) < 4.78 is 44.0. The summed E-state index contributed by atoms with van der Waals surface area (Å²) in [4.78, 5) is 24.6. The molecule has 4 rings (SSSR count). The van der Waals surface area contributed by atoms with Gasteiger partial charge in [-0.2, -0.15) is 4.31 Å². The van der Waals surface area contributed by atoms with Crippen LogP contribution in [-0.2, 0) is 19.5 Å². The normalized spacial score (nSPS) is 16.2. The van der Waals surface area contributed by atoms with Crippen LogP contribution in [0, 0.1) is 10.1 Å². The van der Waals surface area contributed by atoms with Crippen LogP contribution in [0.2, 0.25) is 5.02 Å². The second-order valence-corrected chi connectivity index (χ2v) is 9.96. The summed E-state index contributed by atoms with van der Waals surface area (Å²) in [6.45, 7) is 3.07. The Labute approximate surface area is 213 Å². The molecule has 3 aromatic rings. The quantitative estimate of drug-likeness (QED) is 0.260. The molecule has 1 aliphatic heterocycles. The first-order valence-corrected chi connectivity index (χ1v) is 12.8. The molecule has 0 saturated carbocycles. The van der Waals surface area contributed by atoms with E-state index < -0.39 is 26.7 Å². The lowest BCUT2D eigenvalue weighted by atomic mass is 10.2. The highest BCUT2D eigenvalue weighted by atomic mass is 35.5. The SMILES string of the molecule is CCOC.O=Cc1[nH]c2c([N+](=O)[O-])cc(Cl)cc2c1S(=O)(=O)N1CCOC(COc2ccccc2)C1. The Morgan fingerprint density at radius 3 is 2.61 bits per heavy atom.